The predicted molar refractivity (Wildman–Crippen MR) is 108 cm³/mol. The van der Waals surface area contributed by atoms with Crippen molar-refractivity contribution in [1.29, 1.82) is 5.26 Å². The van der Waals surface area contributed by atoms with Gasteiger partial charge in [-0.1, -0.05) is 76.9 Å². The molecule has 0 aliphatic rings. The number of carboxylic acid groups (broad SMARTS) is 1. The highest BCUT2D eigenvalue weighted by molar-refractivity contribution is 8.13. The summed E-state index contributed by atoms with van der Waals surface area (Å²) in [6.45, 7) is 3.82. The van der Waals surface area contributed by atoms with Crippen molar-refractivity contribution >= 4 is 33.2 Å². The second kappa shape index (κ2) is 14.4. The second-order valence-electron chi connectivity index (χ2n) is 6.86. The molecule has 0 aliphatic heterocycles. The van der Waals surface area contributed by atoms with E-state index in [9.17, 15) is 14.3 Å². The van der Waals surface area contributed by atoms with E-state index in [1.165, 1.54) is 44.9 Å². The Morgan fingerprint density at radius 3 is 2.00 bits per heavy atom. The monoisotopic (exact) mass is 387 g/mol. The Labute approximate surface area is 160 Å². The van der Waals surface area contributed by atoms with Gasteiger partial charge in [-0.25, -0.2) is 0 Å². The number of rotatable bonds is 15. The second-order valence-corrected chi connectivity index (χ2v) is 9.03. The van der Waals surface area contributed by atoms with Crippen molar-refractivity contribution in [3.8, 4) is 6.07 Å². The first kappa shape index (κ1) is 24.2. The van der Waals surface area contributed by atoms with E-state index in [1.807, 2.05) is 0 Å². The first-order chi connectivity index (χ1) is 11.9. The first-order valence-electron chi connectivity index (χ1n) is 9.43. The fourth-order valence-corrected chi connectivity index (χ4v) is 4.32. The van der Waals surface area contributed by atoms with Crippen LogP contribution in [-0.2, 0) is 15.6 Å². The van der Waals surface area contributed by atoms with Gasteiger partial charge in [0.1, 0.15) is 0 Å². The molecule has 0 bridgehead atoms. The molecule has 0 rings (SSSR count). The minimum Gasteiger partial charge on any atom is -0.481 e. The molecule has 0 saturated heterocycles. The number of carboxylic acids is 1. The zero-order valence-electron chi connectivity index (χ0n) is 15.7. The van der Waals surface area contributed by atoms with Crippen LogP contribution >= 0.6 is 12.2 Å². The zero-order chi connectivity index (χ0) is 19.1. The molecule has 144 valence electrons. The molecule has 2 atom stereocenters. The number of unbranched alkanes of at least 4 members (excludes halogenated alkanes) is 9. The molecular weight excluding hydrogens is 354 g/mol. The average molecular weight is 388 g/mol. The van der Waals surface area contributed by atoms with Gasteiger partial charge in [0.2, 0.25) is 0 Å². The summed E-state index contributed by atoms with van der Waals surface area (Å²) >= 11 is 5.22. The molecule has 0 aromatic carbocycles. The van der Waals surface area contributed by atoms with Gasteiger partial charge in [0.05, 0.1) is 26.5 Å². The lowest BCUT2D eigenvalue weighted by Gasteiger charge is -2.21. The topological polar surface area (TPSA) is 78.2 Å². The third kappa shape index (κ3) is 11.4. The lowest BCUT2D eigenvalue weighted by Crippen LogP contribution is -2.30. The Morgan fingerprint density at radius 1 is 1.08 bits per heavy atom. The molecule has 0 spiro atoms. The van der Waals surface area contributed by atoms with Gasteiger partial charge < -0.3 is 5.11 Å². The number of nitrogens with zero attached hydrogens (tertiary/aromatic N) is 1. The van der Waals surface area contributed by atoms with E-state index >= 15 is 0 Å². The summed E-state index contributed by atoms with van der Waals surface area (Å²) in [6.07, 6.45) is 12.1. The van der Waals surface area contributed by atoms with Crippen molar-refractivity contribution in [1.82, 2.24) is 0 Å². The number of thiocarbonyl (C=S) groups is 1. The number of nitriles is 1. The van der Waals surface area contributed by atoms with Crippen LogP contribution in [-0.4, -0.2) is 25.2 Å². The van der Waals surface area contributed by atoms with Crippen LogP contribution in [0.5, 0.6) is 0 Å². The molecule has 2 unspecified atom stereocenters. The maximum Gasteiger partial charge on any atom is 0.303 e. The summed E-state index contributed by atoms with van der Waals surface area (Å²) in [7, 11) is -1.35. The lowest BCUT2D eigenvalue weighted by molar-refractivity contribution is -0.137. The van der Waals surface area contributed by atoms with Gasteiger partial charge >= 0.3 is 5.97 Å². The summed E-state index contributed by atoms with van der Waals surface area (Å²) in [5.41, 5.74) is -1.10. The minimum absolute atomic E-state index is 0.113. The summed E-state index contributed by atoms with van der Waals surface area (Å²) < 4.78 is 12.5. The van der Waals surface area contributed by atoms with Gasteiger partial charge in [-0.15, -0.1) is 0 Å². The molecule has 0 saturated carbocycles. The van der Waals surface area contributed by atoms with E-state index in [0.29, 0.717) is 5.75 Å². The average Bonchev–Trinajstić information content (AvgIpc) is 2.60. The molecule has 0 aliphatic carbocycles. The third-order valence-electron chi connectivity index (χ3n) is 4.43. The molecular formula is C19H33NO3S2. The number of aliphatic carboxylic acids is 1. The summed E-state index contributed by atoms with van der Waals surface area (Å²) in [4.78, 5) is 10.7. The molecule has 25 heavy (non-hydrogen) atoms. The maximum absolute atomic E-state index is 12.3. The molecule has 0 fully saturated rings. The van der Waals surface area contributed by atoms with E-state index < -0.39 is 22.2 Å². The summed E-state index contributed by atoms with van der Waals surface area (Å²) in [5.74, 6) is -0.496. The van der Waals surface area contributed by atoms with Crippen LogP contribution in [0.25, 0.3) is 0 Å². The molecule has 0 radical (unpaired) electrons. The van der Waals surface area contributed by atoms with Crippen LogP contribution in [0.1, 0.15) is 90.9 Å². The van der Waals surface area contributed by atoms with Crippen LogP contribution in [0.3, 0.4) is 0 Å². The molecule has 0 heterocycles. The lowest BCUT2D eigenvalue weighted by atomic mass is 9.89. The fraction of sp³-hybridized carbons (Fsp3) is 0.842. The largest absolute Gasteiger partial charge is 0.481 e. The molecule has 6 heteroatoms. The number of carbonyl (C=O) groups is 1. The van der Waals surface area contributed by atoms with E-state index in [0.717, 1.165) is 19.3 Å². The van der Waals surface area contributed by atoms with Crippen molar-refractivity contribution in [2.45, 2.75) is 90.9 Å². The Hall–Kier alpha value is -0.800. The van der Waals surface area contributed by atoms with E-state index in [4.69, 9.17) is 17.3 Å². The zero-order valence-corrected chi connectivity index (χ0v) is 17.4. The SMILES string of the molecule is CCCCCCCCCCCCS(=O)C(=S)C(C)(C#N)CCC(=O)O. The van der Waals surface area contributed by atoms with Crippen molar-refractivity contribution < 1.29 is 14.1 Å². The smallest absolute Gasteiger partial charge is 0.303 e. The quantitative estimate of drug-likeness (QED) is 0.301. The van der Waals surface area contributed by atoms with E-state index in [1.54, 1.807) is 6.92 Å². The Kier molecular flexibility index (Phi) is 13.9. The van der Waals surface area contributed by atoms with Crippen molar-refractivity contribution in [2.24, 2.45) is 5.41 Å². The fourth-order valence-electron chi connectivity index (χ4n) is 2.63. The van der Waals surface area contributed by atoms with Crippen molar-refractivity contribution in [2.75, 3.05) is 5.75 Å². The van der Waals surface area contributed by atoms with Gasteiger partial charge in [0, 0.05) is 12.2 Å². The van der Waals surface area contributed by atoms with Crippen molar-refractivity contribution in [3.63, 3.8) is 0 Å². The van der Waals surface area contributed by atoms with E-state index in [-0.39, 0.29) is 17.0 Å². The van der Waals surface area contributed by atoms with Gasteiger partial charge in [0.15, 0.2) is 0 Å². The summed E-state index contributed by atoms with van der Waals surface area (Å²) in [6, 6.07) is 2.06. The Morgan fingerprint density at radius 2 is 1.56 bits per heavy atom. The first-order valence-corrected chi connectivity index (χ1v) is 11.2. The maximum atomic E-state index is 12.3. The van der Waals surface area contributed by atoms with Crippen LogP contribution in [0.4, 0.5) is 0 Å². The standard InChI is InChI=1S/C19H33NO3S2/c1-3-4-5-6-7-8-9-10-11-12-15-25(23)18(24)19(2,16-20)14-13-17(21)22/h3-15H2,1-2H3,(H,21,22). The van der Waals surface area contributed by atoms with E-state index in [2.05, 4.69) is 13.0 Å². The minimum atomic E-state index is -1.35. The molecule has 0 amide bonds. The van der Waals surface area contributed by atoms with Crippen molar-refractivity contribution in [3.05, 3.63) is 0 Å². The van der Waals surface area contributed by atoms with Gasteiger partial charge in [-0.2, -0.15) is 5.26 Å². The number of hydrogen-bond acceptors (Lipinski definition) is 4. The highest BCUT2D eigenvalue weighted by Gasteiger charge is 2.33. The van der Waals surface area contributed by atoms with Crippen LogP contribution in [0.15, 0.2) is 0 Å². The molecule has 4 nitrogen and oxygen atoms in total. The molecule has 1 N–H and O–H groups in total. The third-order valence-corrected chi connectivity index (χ3v) is 6.96. The molecule has 0 aromatic rings. The molecule has 0 aromatic heterocycles. The van der Waals surface area contributed by atoms with Gasteiger partial charge in [0.25, 0.3) is 0 Å². The Balaban J connectivity index is 3.92. The highest BCUT2D eigenvalue weighted by atomic mass is 32.2. The van der Waals surface area contributed by atoms with Gasteiger partial charge in [-0.3, -0.25) is 9.00 Å². The van der Waals surface area contributed by atoms with Crippen LogP contribution in [0.2, 0.25) is 0 Å². The van der Waals surface area contributed by atoms with Gasteiger partial charge in [-0.05, 0) is 19.8 Å². The summed E-state index contributed by atoms with van der Waals surface area (Å²) in [5, 5.41) is 18.1. The highest BCUT2D eigenvalue weighted by Crippen LogP contribution is 2.27. The predicted octanol–water partition coefficient (Wildman–Crippen LogP) is 5.38. The van der Waals surface area contributed by atoms with Crippen LogP contribution < -0.4 is 0 Å². The number of hydrogen-bond donors (Lipinski definition) is 1. The van der Waals surface area contributed by atoms with Crippen LogP contribution in [0, 0.1) is 16.7 Å². The Bertz CT molecular complexity index is 474. The normalized spacial score (nSPS) is 14.4.